The lowest BCUT2D eigenvalue weighted by Crippen LogP contribution is -1.93. The van der Waals surface area contributed by atoms with E-state index in [1.807, 2.05) is 0 Å². The number of nitrogens with one attached hydrogen (secondary N) is 1. The third-order valence-electron chi connectivity index (χ3n) is 2.17. The normalized spacial score (nSPS) is 10.5. The van der Waals surface area contributed by atoms with Crippen LogP contribution in [0.1, 0.15) is 10.4 Å². The van der Waals surface area contributed by atoms with Crippen molar-refractivity contribution in [1.82, 2.24) is 4.98 Å². The highest BCUT2D eigenvalue weighted by Crippen LogP contribution is 2.31. The third-order valence-corrected chi connectivity index (χ3v) is 2.63. The van der Waals surface area contributed by atoms with Crippen LogP contribution in [0.25, 0.3) is 10.9 Å². The van der Waals surface area contributed by atoms with Gasteiger partial charge in [0.1, 0.15) is 5.75 Å². The van der Waals surface area contributed by atoms with Crippen molar-refractivity contribution in [2.75, 3.05) is 7.11 Å². The molecule has 0 saturated heterocycles. The number of carboxylic acids is 1. The highest BCUT2D eigenvalue weighted by molar-refractivity contribution is 9.10. The second-order valence-electron chi connectivity index (χ2n) is 3.04. The molecule has 1 aromatic carbocycles. The van der Waals surface area contributed by atoms with Gasteiger partial charge in [-0.25, -0.2) is 4.79 Å². The number of H-pyrrole nitrogens is 1. The van der Waals surface area contributed by atoms with Gasteiger partial charge in [-0.2, -0.15) is 0 Å². The van der Waals surface area contributed by atoms with Crippen molar-refractivity contribution in [3.05, 3.63) is 28.4 Å². The van der Waals surface area contributed by atoms with Gasteiger partial charge in [0, 0.05) is 16.1 Å². The fourth-order valence-corrected chi connectivity index (χ4v) is 1.94. The van der Waals surface area contributed by atoms with Crippen molar-refractivity contribution >= 4 is 32.8 Å². The molecule has 1 aromatic heterocycles. The Morgan fingerprint density at radius 1 is 1.53 bits per heavy atom. The summed E-state index contributed by atoms with van der Waals surface area (Å²) in [4.78, 5) is 13.8. The number of aromatic amines is 1. The molecule has 0 radical (unpaired) electrons. The Labute approximate surface area is 94.0 Å². The molecule has 0 atom stereocenters. The number of hydrogen-bond acceptors (Lipinski definition) is 2. The van der Waals surface area contributed by atoms with E-state index in [1.165, 1.54) is 6.20 Å². The molecule has 2 aromatic rings. The van der Waals surface area contributed by atoms with Gasteiger partial charge >= 0.3 is 5.97 Å². The minimum atomic E-state index is -0.957. The molecule has 2 rings (SSSR count). The monoisotopic (exact) mass is 269 g/mol. The number of methoxy groups -OCH3 is 1. The molecule has 2 N–H and O–H groups in total. The lowest BCUT2D eigenvalue weighted by Gasteiger charge is -2.02. The minimum absolute atomic E-state index is 0.240. The highest BCUT2D eigenvalue weighted by Gasteiger charge is 2.13. The van der Waals surface area contributed by atoms with Crippen LogP contribution in [-0.4, -0.2) is 23.2 Å². The number of aromatic nitrogens is 1. The van der Waals surface area contributed by atoms with Gasteiger partial charge in [-0.3, -0.25) is 0 Å². The van der Waals surface area contributed by atoms with Crippen molar-refractivity contribution in [1.29, 1.82) is 0 Å². The Bertz CT molecular complexity index is 533. The summed E-state index contributed by atoms with van der Waals surface area (Å²) in [6, 6.07) is 3.53. The number of carbonyl (C=O) groups is 1. The van der Waals surface area contributed by atoms with Gasteiger partial charge in [0.15, 0.2) is 0 Å². The molecule has 0 aliphatic carbocycles. The number of rotatable bonds is 2. The highest BCUT2D eigenvalue weighted by atomic mass is 79.9. The van der Waals surface area contributed by atoms with Crippen molar-refractivity contribution in [2.45, 2.75) is 0 Å². The average molecular weight is 270 g/mol. The molecule has 0 fully saturated rings. The standard InChI is InChI=1S/C10H8BrNO3/c1-15-8-3-5(11)2-6-7(10(13)14)4-12-9(6)8/h2-4,12H,1H3,(H,13,14). The van der Waals surface area contributed by atoms with E-state index in [0.29, 0.717) is 16.7 Å². The molecule has 0 aliphatic heterocycles. The van der Waals surface area contributed by atoms with Crippen LogP contribution in [-0.2, 0) is 0 Å². The van der Waals surface area contributed by atoms with Crippen LogP contribution in [0.4, 0.5) is 0 Å². The molecule has 0 spiro atoms. The molecular weight excluding hydrogens is 262 g/mol. The van der Waals surface area contributed by atoms with E-state index in [-0.39, 0.29) is 5.56 Å². The first kappa shape index (κ1) is 10.0. The predicted octanol–water partition coefficient (Wildman–Crippen LogP) is 2.64. The lowest BCUT2D eigenvalue weighted by atomic mass is 10.1. The van der Waals surface area contributed by atoms with Crippen molar-refractivity contribution in [3.8, 4) is 5.75 Å². The second kappa shape index (κ2) is 3.58. The largest absolute Gasteiger partial charge is 0.495 e. The summed E-state index contributed by atoms with van der Waals surface area (Å²) < 4.78 is 5.93. The summed E-state index contributed by atoms with van der Waals surface area (Å²) in [7, 11) is 1.54. The molecule has 1 heterocycles. The Morgan fingerprint density at radius 3 is 2.87 bits per heavy atom. The van der Waals surface area contributed by atoms with Crippen LogP contribution < -0.4 is 4.74 Å². The molecule has 0 saturated carbocycles. The Kier molecular flexibility index (Phi) is 2.40. The number of halogens is 1. The maximum atomic E-state index is 10.9. The van der Waals surface area contributed by atoms with Crippen LogP contribution >= 0.6 is 15.9 Å². The van der Waals surface area contributed by atoms with E-state index >= 15 is 0 Å². The minimum Gasteiger partial charge on any atom is -0.495 e. The number of carboxylic acid groups (broad SMARTS) is 1. The quantitative estimate of drug-likeness (QED) is 0.881. The summed E-state index contributed by atoms with van der Waals surface area (Å²) in [5.74, 6) is -0.340. The summed E-state index contributed by atoms with van der Waals surface area (Å²) >= 11 is 3.31. The van der Waals surface area contributed by atoms with E-state index in [9.17, 15) is 4.79 Å². The summed E-state index contributed by atoms with van der Waals surface area (Å²) in [6.45, 7) is 0. The zero-order valence-corrected chi connectivity index (χ0v) is 9.46. The molecule has 4 nitrogen and oxygen atoms in total. The van der Waals surface area contributed by atoms with Crippen LogP contribution in [0.2, 0.25) is 0 Å². The fourth-order valence-electron chi connectivity index (χ4n) is 1.50. The number of hydrogen-bond donors (Lipinski definition) is 2. The predicted molar refractivity (Wildman–Crippen MR) is 59.5 cm³/mol. The van der Waals surface area contributed by atoms with Gasteiger partial charge in [0.25, 0.3) is 0 Å². The Balaban J connectivity index is 2.80. The van der Waals surface area contributed by atoms with Gasteiger partial charge in [0.2, 0.25) is 0 Å². The first-order valence-electron chi connectivity index (χ1n) is 4.21. The molecule has 78 valence electrons. The number of fused-ring (bicyclic) bond motifs is 1. The van der Waals surface area contributed by atoms with E-state index in [2.05, 4.69) is 20.9 Å². The van der Waals surface area contributed by atoms with E-state index in [4.69, 9.17) is 9.84 Å². The zero-order valence-electron chi connectivity index (χ0n) is 7.87. The fraction of sp³-hybridized carbons (Fsp3) is 0.100. The number of aromatic carboxylic acids is 1. The van der Waals surface area contributed by atoms with Gasteiger partial charge in [-0.05, 0) is 12.1 Å². The third kappa shape index (κ3) is 1.59. The molecular formula is C10H8BrNO3. The van der Waals surface area contributed by atoms with Crippen molar-refractivity contribution < 1.29 is 14.6 Å². The first-order chi connectivity index (χ1) is 7.13. The van der Waals surface area contributed by atoms with Crippen molar-refractivity contribution in [2.24, 2.45) is 0 Å². The van der Waals surface area contributed by atoms with Gasteiger partial charge < -0.3 is 14.8 Å². The van der Waals surface area contributed by atoms with Gasteiger partial charge in [-0.15, -0.1) is 0 Å². The Morgan fingerprint density at radius 2 is 2.27 bits per heavy atom. The second-order valence-corrected chi connectivity index (χ2v) is 3.95. The van der Waals surface area contributed by atoms with Crippen molar-refractivity contribution in [3.63, 3.8) is 0 Å². The molecule has 0 amide bonds. The van der Waals surface area contributed by atoms with Crippen LogP contribution in [0.3, 0.4) is 0 Å². The van der Waals surface area contributed by atoms with E-state index in [0.717, 1.165) is 4.47 Å². The Hall–Kier alpha value is -1.49. The topological polar surface area (TPSA) is 62.3 Å². The summed E-state index contributed by atoms with van der Waals surface area (Å²) in [5.41, 5.74) is 0.933. The average Bonchev–Trinajstić information content (AvgIpc) is 2.59. The summed E-state index contributed by atoms with van der Waals surface area (Å²) in [5, 5.41) is 9.58. The molecule has 0 unspecified atom stereocenters. The zero-order chi connectivity index (χ0) is 11.0. The van der Waals surface area contributed by atoms with Gasteiger partial charge in [0.05, 0.1) is 18.2 Å². The van der Waals surface area contributed by atoms with E-state index in [1.54, 1.807) is 19.2 Å². The smallest absolute Gasteiger partial charge is 0.337 e. The molecule has 5 heteroatoms. The molecule has 15 heavy (non-hydrogen) atoms. The SMILES string of the molecule is COc1cc(Br)cc2c(C(=O)O)c[nH]c12. The maximum absolute atomic E-state index is 10.9. The summed E-state index contributed by atoms with van der Waals surface area (Å²) in [6.07, 6.45) is 1.46. The number of benzene rings is 1. The first-order valence-corrected chi connectivity index (χ1v) is 5.00. The van der Waals surface area contributed by atoms with Gasteiger partial charge in [-0.1, -0.05) is 15.9 Å². The molecule has 0 bridgehead atoms. The van der Waals surface area contributed by atoms with Crippen LogP contribution in [0.15, 0.2) is 22.8 Å². The molecule has 0 aliphatic rings. The number of ether oxygens (including phenoxy) is 1. The van der Waals surface area contributed by atoms with Crippen LogP contribution in [0.5, 0.6) is 5.75 Å². The van der Waals surface area contributed by atoms with Crippen LogP contribution in [0, 0.1) is 0 Å². The maximum Gasteiger partial charge on any atom is 0.337 e. The lowest BCUT2D eigenvalue weighted by molar-refractivity contribution is 0.0699. The van der Waals surface area contributed by atoms with E-state index < -0.39 is 5.97 Å².